The molecule has 0 heterocycles. The fraction of sp³-hybridized carbons (Fsp3) is 0. The van der Waals surface area contributed by atoms with E-state index in [9.17, 15) is 17.6 Å². The molecule has 6 N–H and O–H groups in total. The number of halogens is 4. The van der Waals surface area contributed by atoms with Gasteiger partial charge in [-0.15, -0.1) is 0 Å². The monoisotopic (exact) mass is 396 g/mol. The van der Waals surface area contributed by atoms with E-state index in [4.69, 9.17) is 21.5 Å². The molecule has 0 amide bonds. The molecule has 3 aromatic carbocycles. The lowest BCUT2D eigenvalue weighted by Crippen LogP contribution is -2.21. The van der Waals surface area contributed by atoms with Gasteiger partial charge in [0.05, 0.1) is 0 Å². The molecule has 0 aromatic heterocycles. The van der Waals surface area contributed by atoms with Gasteiger partial charge in [0.1, 0.15) is 5.75 Å². The smallest absolute Gasteiger partial charge is 0.509 e. The quantitative estimate of drug-likeness (QED) is 0.175. The van der Waals surface area contributed by atoms with Crippen molar-refractivity contribution in [2.45, 2.75) is 0 Å². The van der Waals surface area contributed by atoms with E-state index in [1.54, 1.807) is 0 Å². The number of hydrogen-bond acceptors (Lipinski definition) is 5. The minimum Gasteiger partial charge on any atom is -0.509 e. The predicted octanol–water partition coefficient (Wildman–Crippen LogP) is 3.13. The summed E-state index contributed by atoms with van der Waals surface area (Å²) in [5.74, 6) is -8.74. The van der Waals surface area contributed by atoms with Crippen molar-refractivity contribution in [2.75, 3.05) is 11.5 Å². The molecule has 28 heavy (non-hydrogen) atoms. The van der Waals surface area contributed by atoms with Crippen molar-refractivity contribution in [1.29, 1.82) is 0 Å². The standard InChI is InChI=1S/C6H3BF4O3.2C6H7N/c8-2-1-3(14-7(12)13)5(10)6(11)4(2)9;2*7-6-4-2-1-3-5-6/h1,12-13H;2*1-5H,7H2. The summed E-state index contributed by atoms with van der Waals surface area (Å²) in [7, 11) is -2.45. The molecule has 3 aromatic rings. The van der Waals surface area contributed by atoms with Gasteiger partial charge in [0, 0.05) is 17.4 Å². The Kier molecular flexibility index (Phi) is 9.34. The SMILES string of the molecule is Nc1ccccc1.Nc1ccccc1.OB(O)Oc1cc(F)c(F)c(F)c1F. The van der Waals surface area contributed by atoms with Crippen molar-refractivity contribution in [2.24, 2.45) is 0 Å². The number of benzene rings is 3. The van der Waals surface area contributed by atoms with Crippen LogP contribution < -0.4 is 16.1 Å². The molecular formula is C18H17BF4N2O3. The Bertz CT molecular complexity index is 819. The van der Waals surface area contributed by atoms with Gasteiger partial charge in [0.25, 0.3) is 0 Å². The fourth-order valence-corrected chi connectivity index (χ4v) is 1.66. The normalized spacial score (nSPS) is 9.36. The van der Waals surface area contributed by atoms with Crippen LogP contribution in [0.4, 0.5) is 28.9 Å². The summed E-state index contributed by atoms with van der Waals surface area (Å²) >= 11 is 0. The highest BCUT2D eigenvalue weighted by molar-refractivity contribution is 6.33. The molecule has 0 saturated heterocycles. The van der Waals surface area contributed by atoms with Gasteiger partial charge in [-0.05, 0) is 24.3 Å². The first-order chi connectivity index (χ1) is 13.2. The maximum absolute atomic E-state index is 12.7. The average Bonchev–Trinajstić information content (AvgIpc) is 2.66. The Morgan fingerprint density at radius 2 is 1.11 bits per heavy atom. The molecule has 148 valence electrons. The maximum Gasteiger partial charge on any atom is 0.707 e. The van der Waals surface area contributed by atoms with Gasteiger partial charge in [-0.2, -0.15) is 4.39 Å². The highest BCUT2D eigenvalue weighted by Crippen LogP contribution is 2.24. The highest BCUT2D eigenvalue weighted by atomic mass is 19.2. The molecule has 10 heteroatoms. The molecule has 0 saturated carbocycles. The number of nitrogens with two attached hydrogens (primary N) is 2. The Morgan fingerprint density at radius 1 is 0.679 bits per heavy atom. The van der Waals surface area contributed by atoms with Crippen molar-refractivity contribution in [3.8, 4) is 5.75 Å². The van der Waals surface area contributed by atoms with Gasteiger partial charge < -0.3 is 26.2 Å². The van der Waals surface area contributed by atoms with E-state index in [1.165, 1.54) is 0 Å². The van der Waals surface area contributed by atoms with E-state index < -0.39 is 36.3 Å². The first kappa shape index (κ1) is 22.8. The van der Waals surface area contributed by atoms with E-state index in [0.717, 1.165) is 11.4 Å². The molecule has 0 aliphatic heterocycles. The van der Waals surface area contributed by atoms with Crippen LogP contribution in [0.25, 0.3) is 0 Å². The molecule has 0 bridgehead atoms. The van der Waals surface area contributed by atoms with Gasteiger partial charge in [-0.3, -0.25) is 0 Å². The third kappa shape index (κ3) is 7.98. The van der Waals surface area contributed by atoms with E-state index in [-0.39, 0.29) is 6.07 Å². The Balaban J connectivity index is 0.000000233. The molecule has 3 rings (SSSR count). The van der Waals surface area contributed by atoms with Gasteiger partial charge in [0.2, 0.25) is 11.6 Å². The van der Waals surface area contributed by atoms with Gasteiger partial charge >= 0.3 is 7.32 Å². The molecule has 0 fully saturated rings. The van der Waals surface area contributed by atoms with Crippen LogP contribution >= 0.6 is 0 Å². The summed E-state index contributed by atoms with van der Waals surface area (Å²) in [6.07, 6.45) is 0. The molecule has 0 unspecified atom stereocenters. The average molecular weight is 396 g/mol. The lowest BCUT2D eigenvalue weighted by atomic mass is 10.2. The second kappa shape index (κ2) is 11.5. The van der Waals surface area contributed by atoms with Crippen molar-refractivity contribution in [3.05, 3.63) is 90.0 Å². The second-order valence-corrected chi connectivity index (χ2v) is 5.06. The van der Waals surface area contributed by atoms with Gasteiger partial charge in [-0.1, -0.05) is 36.4 Å². The van der Waals surface area contributed by atoms with Crippen LogP contribution in [-0.2, 0) is 0 Å². The number of rotatable bonds is 2. The third-order valence-corrected chi connectivity index (χ3v) is 2.90. The molecule has 0 spiro atoms. The number of nitrogen functional groups attached to an aromatic ring is 2. The van der Waals surface area contributed by atoms with E-state index in [1.807, 2.05) is 60.7 Å². The second-order valence-electron chi connectivity index (χ2n) is 5.06. The van der Waals surface area contributed by atoms with Crippen molar-refractivity contribution in [3.63, 3.8) is 0 Å². The molecule has 0 atom stereocenters. The van der Waals surface area contributed by atoms with Crippen LogP contribution in [0.3, 0.4) is 0 Å². The molecule has 0 aliphatic carbocycles. The van der Waals surface area contributed by atoms with Crippen molar-refractivity contribution >= 4 is 18.7 Å². The van der Waals surface area contributed by atoms with Crippen LogP contribution in [0.2, 0.25) is 0 Å². The Labute approximate surface area is 159 Å². The van der Waals surface area contributed by atoms with Crippen LogP contribution in [0.1, 0.15) is 0 Å². The van der Waals surface area contributed by atoms with Crippen molar-refractivity contribution < 1.29 is 32.3 Å². The minimum atomic E-state index is -2.45. The zero-order chi connectivity index (χ0) is 21.1. The Hall–Kier alpha value is -3.24. The van der Waals surface area contributed by atoms with E-state index >= 15 is 0 Å². The Morgan fingerprint density at radius 3 is 1.43 bits per heavy atom. The lowest BCUT2D eigenvalue weighted by Gasteiger charge is -2.06. The largest absolute Gasteiger partial charge is 0.707 e. The topological polar surface area (TPSA) is 102 Å². The summed E-state index contributed by atoms with van der Waals surface area (Å²) in [6, 6.07) is 19.1. The summed E-state index contributed by atoms with van der Waals surface area (Å²) < 4.78 is 53.8. The zero-order valence-electron chi connectivity index (χ0n) is 14.4. The van der Waals surface area contributed by atoms with Crippen LogP contribution in [0.5, 0.6) is 5.75 Å². The van der Waals surface area contributed by atoms with E-state index in [0.29, 0.717) is 0 Å². The highest BCUT2D eigenvalue weighted by Gasteiger charge is 2.23. The molecule has 5 nitrogen and oxygen atoms in total. The zero-order valence-corrected chi connectivity index (χ0v) is 14.4. The first-order valence-corrected chi connectivity index (χ1v) is 7.69. The summed E-state index contributed by atoms with van der Waals surface area (Å²) in [6.45, 7) is 0. The number of para-hydroxylation sites is 2. The fourth-order valence-electron chi connectivity index (χ4n) is 1.66. The minimum absolute atomic E-state index is 0.160. The molecule has 0 radical (unpaired) electrons. The van der Waals surface area contributed by atoms with Crippen LogP contribution in [0.15, 0.2) is 66.7 Å². The van der Waals surface area contributed by atoms with Crippen LogP contribution in [-0.4, -0.2) is 17.4 Å². The third-order valence-electron chi connectivity index (χ3n) is 2.90. The van der Waals surface area contributed by atoms with Gasteiger partial charge in [0.15, 0.2) is 11.6 Å². The number of hydrogen-bond donors (Lipinski definition) is 4. The summed E-state index contributed by atoms with van der Waals surface area (Å²) in [5, 5.41) is 16.4. The molecular weight excluding hydrogens is 379 g/mol. The molecule has 0 aliphatic rings. The predicted molar refractivity (Wildman–Crippen MR) is 98.8 cm³/mol. The van der Waals surface area contributed by atoms with Crippen molar-refractivity contribution in [1.82, 2.24) is 0 Å². The maximum atomic E-state index is 12.7. The summed E-state index contributed by atoms with van der Waals surface area (Å²) in [5.41, 5.74) is 12.4. The first-order valence-electron chi connectivity index (χ1n) is 7.69. The lowest BCUT2D eigenvalue weighted by molar-refractivity contribution is 0.276. The summed E-state index contributed by atoms with van der Waals surface area (Å²) in [4.78, 5) is 0. The van der Waals surface area contributed by atoms with Crippen LogP contribution in [0, 0.1) is 23.3 Å². The van der Waals surface area contributed by atoms with Gasteiger partial charge in [-0.25, -0.2) is 13.2 Å². The number of anilines is 2. The van der Waals surface area contributed by atoms with E-state index in [2.05, 4.69) is 4.65 Å².